The second kappa shape index (κ2) is 5.48. The van der Waals surface area contributed by atoms with Crippen LogP contribution in [0.1, 0.15) is 25.7 Å². The molecule has 0 aromatic rings. The number of amides is 3. The van der Waals surface area contributed by atoms with Crippen LogP contribution >= 0.6 is 11.8 Å². The number of urea groups is 1. The Morgan fingerprint density at radius 1 is 1.50 bits per heavy atom. The molecule has 1 aliphatic carbocycles. The monoisotopic (exact) mass is 271 g/mol. The fraction of sp³-hybridized carbons (Fsp3) is 0.833. The van der Waals surface area contributed by atoms with Crippen molar-refractivity contribution in [3.63, 3.8) is 0 Å². The first-order valence-corrected chi connectivity index (χ1v) is 7.88. The number of hydrogen-bond acceptors (Lipinski definition) is 4. The van der Waals surface area contributed by atoms with Gasteiger partial charge in [-0.2, -0.15) is 11.8 Å². The van der Waals surface area contributed by atoms with E-state index in [1.165, 1.54) is 4.90 Å². The van der Waals surface area contributed by atoms with Gasteiger partial charge in [0.2, 0.25) is 0 Å². The number of nitrogens with two attached hydrogens (primary N) is 1. The van der Waals surface area contributed by atoms with Gasteiger partial charge in [0, 0.05) is 18.2 Å². The molecule has 2 rings (SSSR count). The third-order valence-corrected chi connectivity index (χ3v) is 4.67. The molecule has 0 radical (unpaired) electrons. The summed E-state index contributed by atoms with van der Waals surface area (Å²) in [6, 6.07) is -0.241. The van der Waals surface area contributed by atoms with Crippen molar-refractivity contribution < 1.29 is 9.59 Å². The average Bonchev–Trinajstić information content (AvgIpc) is 2.60. The molecule has 2 fully saturated rings. The van der Waals surface area contributed by atoms with Gasteiger partial charge in [-0.25, -0.2) is 4.79 Å². The number of thioether (sulfide) groups is 1. The molecule has 5 nitrogen and oxygen atoms in total. The molecule has 1 heterocycles. The van der Waals surface area contributed by atoms with Gasteiger partial charge in [0.25, 0.3) is 5.91 Å². The second-order valence-electron chi connectivity index (χ2n) is 5.03. The number of imide groups is 1. The zero-order valence-corrected chi connectivity index (χ0v) is 11.6. The van der Waals surface area contributed by atoms with Gasteiger partial charge in [-0.05, 0) is 25.6 Å². The van der Waals surface area contributed by atoms with E-state index in [4.69, 9.17) is 5.73 Å². The highest BCUT2D eigenvalue weighted by Gasteiger charge is 2.55. The van der Waals surface area contributed by atoms with Crippen LogP contribution in [0.3, 0.4) is 0 Å². The van der Waals surface area contributed by atoms with Crippen molar-refractivity contribution in [2.75, 3.05) is 25.1 Å². The molecule has 0 aromatic heterocycles. The molecule has 1 spiro atoms. The standard InChI is InChI=1S/C12H21N3O2S/c1-18-7-6-15-10(16)12(14-11(15)17)5-3-2-4-9(12)8-13/h9H,2-8,13H2,1H3,(H,14,17). The smallest absolute Gasteiger partial charge is 0.325 e. The van der Waals surface area contributed by atoms with E-state index >= 15 is 0 Å². The first kappa shape index (κ1) is 13.7. The Bertz CT molecular complexity index is 350. The van der Waals surface area contributed by atoms with E-state index in [1.54, 1.807) is 11.8 Å². The number of rotatable bonds is 4. The molecule has 102 valence electrons. The zero-order valence-electron chi connectivity index (χ0n) is 10.8. The summed E-state index contributed by atoms with van der Waals surface area (Å²) in [5, 5.41) is 2.93. The molecule has 3 N–H and O–H groups in total. The van der Waals surface area contributed by atoms with Crippen molar-refractivity contribution in [1.29, 1.82) is 0 Å². The van der Waals surface area contributed by atoms with Crippen molar-refractivity contribution in [1.82, 2.24) is 10.2 Å². The summed E-state index contributed by atoms with van der Waals surface area (Å²) >= 11 is 1.64. The van der Waals surface area contributed by atoms with Crippen LogP contribution in [0.4, 0.5) is 4.79 Å². The van der Waals surface area contributed by atoms with Crippen LogP contribution in [0.5, 0.6) is 0 Å². The van der Waals surface area contributed by atoms with E-state index < -0.39 is 5.54 Å². The van der Waals surface area contributed by atoms with Crippen molar-refractivity contribution in [2.45, 2.75) is 31.2 Å². The maximum absolute atomic E-state index is 12.5. The van der Waals surface area contributed by atoms with Crippen LogP contribution in [0, 0.1) is 5.92 Å². The van der Waals surface area contributed by atoms with Crippen molar-refractivity contribution in [3.05, 3.63) is 0 Å². The van der Waals surface area contributed by atoms with Crippen LogP contribution in [0.25, 0.3) is 0 Å². The fourth-order valence-corrected chi connectivity index (χ4v) is 3.41. The molecule has 1 saturated carbocycles. The highest BCUT2D eigenvalue weighted by Crippen LogP contribution is 2.37. The fourth-order valence-electron chi connectivity index (χ4n) is 3.04. The third-order valence-electron chi connectivity index (χ3n) is 4.08. The lowest BCUT2D eigenvalue weighted by atomic mass is 9.72. The Kier molecular flexibility index (Phi) is 4.17. The minimum atomic E-state index is -0.706. The highest BCUT2D eigenvalue weighted by molar-refractivity contribution is 7.98. The Labute approximate surface area is 112 Å². The SMILES string of the molecule is CSCCN1C(=O)NC2(CCCCC2CN)C1=O. The Morgan fingerprint density at radius 2 is 2.28 bits per heavy atom. The van der Waals surface area contributed by atoms with E-state index in [-0.39, 0.29) is 17.9 Å². The van der Waals surface area contributed by atoms with Gasteiger partial charge in [0.05, 0.1) is 0 Å². The number of nitrogens with zero attached hydrogens (tertiary/aromatic N) is 1. The topological polar surface area (TPSA) is 75.4 Å². The lowest BCUT2D eigenvalue weighted by Crippen LogP contribution is -2.57. The maximum atomic E-state index is 12.5. The molecule has 6 heteroatoms. The molecule has 1 saturated heterocycles. The van der Waals surface area contributed by atoms with E-state index in [0.29, 0.717) is 13.1 Å². The minimum Gasteiger partial charge on any atom is -0.330 e. The van der Waals surface area contributed by atoms with Gasteiger partial charge < -0.3 is 11.1 Å². The predicted molar refractivity (Wildman–Crippen MR) is 72.4 cm³/mol. The average molecular weight is 271 g/mol. The van der Waals surface area contributed by atoms with Crippen LogP contribution in [0.15, 0.2) is 0 Å². The third kappa shape index (κ3) is 2.12. The number of carbonyl (C=O) groups excluding carboxylic acids is 2. The zero-order chi connectivity index (χ0) is 13.2. The van der Waals surface area contributed by atoms with E-state index in [0.717, 1.165) is 31.4 Å². The van der Waals surface area contributed by atoms with Crippen molar-refractivity contribution in [2.24, 2.45) is 11.7 Å². The molecule has 2 unspecified atom stereocenters. The first-order valence-electron chi connectivity index (χ1n) is 6.49. The quantitative estimate of drug-likeness (QED) is 0.741. The van der Waals surface area contributed by atoms with Crippen molar-refractivity contribution in [3.8, 4) is 0 Å². The number of nitrogens with one attached hydrogen (secondary N) is 1. The second-order valence-corrected chi connectivity index (χ2v) is 6.02. The van der Waals surface area contributed by atoms with Gasteiger partial charge >= 0.3 is 6.03 Å². The Morgan fingerprint density at radius 3 is 2.94 bits per heavy atom. The van der Waals surface area contributed by atoms with E-state index in [1.807, 2.05) is 6.26 Å². The van der Waals surface area contributed by atoms with Gasteiger partial charge in [-0.3, -0.25) is 9.69 Å². The number of hydrogen-bond donors (Lipinski definition) is 2. The molecular weight excluding hydrogens is 250 g/mol. The summed E-state index contributed by atoms with van der Waals surface area (Å²) in [7, 11) is 0. The summed E-state index contributed by atoms with van der Waals surface area (Å²) in [5.74, 6) is 0.807. The predicted octanol–water partition coefficient (Wildman–Crippen LogP) is 0.789. The first-order chi connectivity index (χ1) is 8.65. The summed E-state index contributed by atoms with van der Waals surface area (Å²) < 4.78 is 0. The molecule has 18 heavy (non-hydrogen) atoms. The van der Waals surface area contributed by atoms with Crippen LogP contribution in [-0.4, -0.2) is 47.5 Å². The maximum Gasteiger partial charge on any atom is 0.325 e. The lowest BCUT2D eigenvalue weighted by Gasteiger charge is -2.38. The van der Waals surface area contributed by atoms with E-state index in [9.17, 15) is 9.59 Å². The molecule has 0 bridgehead atoms. The summed E-state index contributed by atoms with van der Waals surface area (Å²) in [5.41, 5.74) is 5.08. The normalized spacial score (nSPS) is 32.1. The van der Waals surface area contributed by atoms with Gasteiger partial charge in [-0.15, -0.1) is 0 Å². The lowest BCUT2D eigenvalue weighted by molar-refractivity contribution is -0.134. The van der Waals surface area contributed by atoms with E-state index in [2.05, 4.69) is 5.32 Å². The Balaban J connectivity index is 2.18. The summed E-state index contributed by atoms with van der Waals surface area (Å²) in [6.07, 6.45) is 5.71. The van der Waals surface area contributed by atoms with Crippen LogP contribution in [0.2, 0.25) is 0 Å². The summed E-state index contributed by atoms with van der Waals surface area (Å²) in [4.78, 5) is 25.9. The highest BCUT2D eigenvalue weighted by atomic mass is 32.2. The van der Waals surface area contributed by atoms with Gasteiger partial charge in [-0.1, -0.05) is 12.8 Å². The largest absolute Gasteiger partial charge is 0.330 e. The van der Waals surface area contributed by atoms with Crippen molar-refractivity contribution >= 4 is 23.7 Å². The molecule has 2 aliphatic rings. The van der Waals surface area contributed by atoms with Crippen LogP contribution < -0.4 is 11.1 Å². The molecular formula is C12H21N3O2S. The van der Waals surface area contributed by atoms with Gasteiger partial charge in [0.1, 0.15) is 5.54 Å². The van der Waals surface area contributed by atoms with Gasteiger partial charge in [0.15, 0.2) is 0 Å². The Hall–Kier alpha value is -0.750. The molecule has 3 amide bonds. The van der Waals surface area contributed by atoms with Crippen LogP contribution in [-0.2, 0) is 4.79 Å². The molecule has 0 aromatic carbocycles. The minimum absolute atomic E-state index is 0.0586. The summed E-state index contributed by atoms with van der Waals surface area (Å²) in [6.45, 7) is 0.952. The molecule has 1 aliphatic heterocycles. The molecule has 2 atom stereocenters. The number of carbonyl (C=O) groups is 2.